The summed E-state index contributed by atoms with van der Waals surface area (Å²) in [6, 6.07) is 6.05. The van der Waals surface area contributed by atoms with E-state index in [1.807, 2.05) is 25.1 Å². The first kappa shape index (κ1) is 19.8. The van der Waals surface area contributed by atoms with Crippen molar-refractivity contribution < 1.29 is 58.9 Å². The number of halogens is 3. The maximum absolute atomic E-state index is 3.81. The van der Waals surface area contributed by atoms with Gasteiger partial charge in [0.1, 0.15) is 0 Å². The molecule has 2 nitrogen and oxygen atoms in total. The van der Waals surface area contributed by atoms with E-state index in [4.69, 9.17) is 0 Å². The summed E-state index contributed by atoms with van der Waals surface area (Å²) in [6.07, 6.45) is 2.85. The van der Waals surface area contributed by atoms with Crippen LogP contribution in [0.5, 0.6) is 0 Å². The normalized spacial score (nSPS) is 7.50. The standard InChI is InChI=1S/C8H7N2.3ClH.Ti/c1-6-3-2-4-7-5-9-10-8(6)7;;;;/h2-4H,1H3,(H,9,10);3*1H;/q-1;;;;+4/p-3. The Kier molecular flexibility index (Phi) is 12.1. The van der Waals surface area contributed by atoms with Gasteiger partial charge in [-0.1, -0.05) is 11.6 Å². The molecule has 0 aliphatic heterocycles. The van der Waals surface area contributed by atoms with E-state index in [1.54, 1.807) is 0 Å². The molecule has 0 aliphatic carbocycles. The number of hydrogen-bond acceptors (Lipinski definition) is 1. The second-order valence-corrected chi connectivity index (χ2v) is 2.33. The number of para-hydroxylation sites is 1. The van der Waals surface area contributed by atoms with E-state index >= 15 is 0 Å². The van der Waals surface area contributed by atoms with Crippen LogP contribution in [0.15, 0.2) is 18.2 Å². The van der Waals surface area contributed by atoms with Crippen molar-refractivity contribution in [2.45, 2.75) is 6.92 Å². The zero-order valence-electron chi connectivity index (χ0n) is 7.31. The molecular weight excluding hydrogens is 278 g/mol. The average Bonchev–Trinajstić information content (AvgIpc) is 2.36. The summed E-state index contributed by atoms with van der Waals surface area (Å²) in [5.41, 5.74) is 2.30. The Morgan fingerprint density at radius 1 is 1.21 bits per heavy atom. The second-order valence-electron chi connectivity index (χ2n) is 2.33. The van der Waals surface area contributed by atoms with E-state index in [0.717, 1.165) is 10.9 Å². The molecule has 0 radical (unpaired) electrons. The predicted octanol–water partition coefficient (Wildman–Crippen LogP) is -7.32. The molecule has 0 fully saturated rings. The monoisotopic (exact) mass is 284 g/mol. The van der Waals surface area contributed by atoms with Crippen molar-refractivity contribution in [1.82, 2.24) is 10.2 Å². The summed E-state index contributed by atoms with van der Waals surface area (Å²) in [6.45, 7) is 2.05. The molecule has 2 aromatic rings. The summed E-state index contributed by atoms with van der Waals surface area (Å²) >= 11 is 0. The van der Waals surface area contributed by atoms with Crippen LogP contribution >= 0.6 is 0 Å². The number of fused-ring (bicyclic) bond motifs is 1. The predicted molar refractivity (Wildman–Crippen MR) is 39.7 cm³/mol. The Bertz CT molecular complexity index is 364. The molecule has 0 unspecified atom stereocenters. The van der Waals surface area contributed by atoms with Crippen LogP contribution in [0.2, 0.25) is 0 Å². The molecular formula is C8H7Cl3N2Ti. The third-order valence-electron chi connectivity index (χ3n) is 1.62. The third-order valence-corrected chi connectivity index (χ3v) is 1.62. The van der Waals surface area contributed by atoms with Gasteiger partial charge in [-0.2, -0.15) is 6.07 Å². The molecule has 0 spiro atoms. The van der Waals surface area contributed by atoms with Gasteiger partial charge >= 0.3 is 21.7 Å². The number of rotatable bonds is 0. The summed E-state index contributed by atoms with van der Waals surface area (Å²) in [7, 11) is 0. The van der Waals surface area contributed by atoms with Crippen molar-refractivity contribution in [1.29, 1.82) is 0 Å². The SMILES string of the molecule is Cc1cccc2[c-]n[nH]c12.[Cl-].[Cl-].[Cl-].[Ti+4]. The average molecular weight is 285 g/mol. The Labute approximate surface area is 116 Å². The van der Waals surface area contributed by atoms with E-state index in [1.165, 1.54) is 5.56 Å². The molecule has 6 heteroatoms. The van der Waals surface area contributed by atoms with E-state index in [-0.39, 0.29) is 58.9 Å². The van der Waals surface area contributed by atoms with Gasteiger partial charge in [0.25, 0.3) is 0 Å². The van der Waals surface area contributed by atoms with Gasteiger partial charge in [-0.05, 0) is 18.6 Å². The number of aromatic amines is 1. The van der Waals surface area contributed by atoms with Gasteiger partial charge in [0.2, 0.25) is 0 Å². The minimum Gasteiger partial charge on any atom is -1.00 e. The van der Waals surface area contributed by atoms with Crippen LogP contribution in [-0.4, -0.2) is 10.2 Å². The van der Waals surface area contributed by atoms with E-state index in [2.05, 4.69) is 16.4 Å². The van der Waals surface area contributed by atoms with E-state index in [0.29, 0.717) is 0 Å². The van der Waals surface area contributed by atoms with Gasteiger partial charge in [0.05, 0.1) is 0 Å². The molecule has 14 heavy (non-hydrogen) atoms. The Morgan fingerprint density at radius 3 is 2.43 bits per heavy atom. The Morgan fingerprint density at radius 2 is 1.86 bits per heavy atom. The molecule has 74 valence electrons. The molecule has 0 atom stereocenters. The van der Waals surface area contributed by atoms with Crippen LogP contribution < -0.4 is 37.2 Å². The van der Waals surface area contributed by atoms with Gasteiger partial charge in [0.15, 0.2) is 0 Å². The summed E-state index contributed by atoms with van der Waals surface area (Å²) in [4.78, 5) is 0. The van der Waals surface area contributed by atoms with Crippen molar-refractivity contribution in [3.63, 3.8) is 0 Å². The number of nitrogens with one attached hydrogen (secondary N) is 1. The smallest absolute Gasteiger partial charge is 1.00 e. The quantitative estimate of drug-likeness (QED) is 0.378. The van der Waals surface area contributed by atoms with Crippen molar-refractivity contribution in [2.75, 3.05) is 0 Å². The number of benzene rings is 1. The first-order valence-electron chi connectivity index (χ1n) is 3.19. The summed E-state index contributed by atoms with van der Waals surface area (Å²) in [5.74, 6) is 0. The number of aryl methyl sites for hydroxylation is 1. The van der Waals surface area contributed by atoms with Gasteiger partial charge < -0.3 is 42.3 Å². The molecule has 0 saturated heterocycles. The molecule has 1 heterocycles. The topological polar surface area (TPSA) is 28.7 Å². The summed E-state index contributed by atoms with van der Waals surface area (Å²) in [5, 5.41) is 7.75. The first-order chi connectivity index (χ1) is 4.88. The van der Waals surface area contributed by atoms with Crippen LogP contribution in [0.4, 0.5) is 0 Å². The van der Waals surface area contributed by atoms with E-state index in [9.17, 15) is 0 Å². The van der Waals surface area contributed by atoms with Crippen LogP contribution in [0.1, 0.15) is 5.56 Å². The van der Waals surface area contributed by atoms with Crippen LogP contribution in [0.25, 0.3) is 10.9 Å². The van der Waals surface area contributed by atoms with Gasteiger partial charge in [-0.15, -0.1) is 11.5 Å². The molecule has 0 saturated carbocycles. The number of hydrogen-bond donors (Lipinski definition) is 1. The largest absolute Gasteiger partial charge is 4.00 e. The van der Waals surface area contributed by atoms with Crippen LogP contribution in [0.3, 0.4) is 0 Å². The molecule has 2 rings (SSSR count). The molecule has 1 aromatic heterocycles. The van der Waals surface area contributed by atoms with Gasteiger partial charge in [0, 0.05) is 0 Å². The van der Waals surface area contributed by atoms with Crippen molar-refractivity contribution in [2.24, 2.45) is 0 Å². The first-order valence-corrected chi connectivity index (χ1v) is 3.19. The fraction of sp³-hybridized carbons (Fsp3) is 0.125. The van der Waals surface area contributed by atoms with E-state index < -0.39 is 0 Å². The second kappa shape index (κ2) is 8.57. The third kappa shape index (κ3) is 3.80. The maximum Gasteiger partial charge on any atom is 4.00 e. The Hall–Kier alpha value is 0.274. The zero-order chi connectivity index (χ0) is 6.97. The molecule has 1 N–H and O–H groups in total. The molecule has 0 amide bonds. The minimum atomic E-state index is 0. The molecule has 0 aliphatic rings. The fourth-order valence-corrected chi connectivity index (χ4v) is 1.05. The molecule has 1 aromatic carbocycles. The van der Waals surface area contributed by atoms with Crippen molar-refractivity contribution >= 4 is 10.9 Å². The van der Waals surface area contributed by atoms with Gasteiger partial charge in [-0.3, -0.25) is 5.10 Å². The van der Waals surface area contributed by atoms with Crippen LogP contribution in [0, 0.1) is 13.1 Å². The summed E-state index contributed by atoms with van der Waals surface area (Å²) < 4.78 is 0. The number of aromatic nitrogens is 2. The fourth-order valence-electron chi connectivity index (χ4n) is 1.05. The van der Waals surface area contributed by atoms with Gasteiger partial charge in [-0.25, -0.2) is 0 Å². The molecule has 0 bridgehead atoms. The van der Waals surface area contributed by atoms with Crippen LogP contribution in [-0.2, 0) is 21.7 Å². The Balaban J connectivity index is -0.000000302. The minimum absolute atomic E-state index is 0. The number of nitrogens with zero attached hydrogens (tertiary/aromatic N) is 1. The zero-order valence-corrected chi connectivity index (χ0v) is 11.1. The van der Waals surface area contributed by atoms with Crippen molar-refractivity contribution in [3.8, 4) is 0 Å². The number of H-pyrrole nitrogens is 1. The van der Waals surface area contributed by atoms with Crippen molar-refractivity contribution in [3.05, 3.63) is 30.0 Å². The maximum atomic E-state index is 3.81.